The number of aromatic nitrogens is 3. The lowest BCUT2D eigenvalue weighted by molar-refractivity contribution is -0.125. The van der Waals surface area contributed by atoms with Crippen LogP contribution in [0.25, 0.3) is 21.8 Å². The van der Waals surface area contributed by atoms with Crippen LogP contribution >= 0.6 is 0 Å². The number of pyridine rings is 1. The van der Waals surface area contributed by atoms with Gasteiger partial charge in [0.25, 0.3) is 0 Å². The van der Waals surface area contributed by atoms with Crippen molar-refractivity contribution in [3.8, 4) is 0 Å². The Kier molecular flexibility index (Phi) is 5.66. The Morgan fingerprint density at radius 3 is 2.58 bits per heavy atom. The van der Waals surface area contributed by atoms with Crippen LogP contribution in [-0.2, 0) is 16.0 Å². The molecule has 4 aromatic rings. The topological polar surface area (TPSA) is 88.9 Å². The van der Waals surface area contributed by atoms with E-state index in [2.05, 4.69) is 20.7 Å². The fraction of sp³-hybridized carbons (Fsp3) is 0.250. The van der Waals surface area contributed by atoms with Gasteiger partial charge in [-0.1, -0.05) is 42.5 Å². The highest BCUT2D eigenvalue weighted by Crippen LogP contribution is 2.20. The van der Waals surface area contributed by atoms with Gasteiger partial charge in [-0.3, -0.25) is 9.59 Å². The number of hydrogen-bond acceptors (Lipinski definition) is 4. The maximum Gasteiger partial charge on any atom is 0.246 e. The van der Waals surface area contributed by atoms with Crippen LogP contribution in [0.4, 0.5) is 5.69 Å². The van der Waals surface area contributed by atoms with Gasteiger partial charge in [-0.15, -0.1) is 0 Å². The molecule has 7 heteroatoms. The molecule has 4 rings (SSSR count). The van der Waals surface area contributed by atoms with Crippen LogP contribution in [0.15, 0.2) is 60.9 Å². The summed E-state index contributed by atoms with van der Waals surface area (Å²) in [5, 5.41) is 12.9. The normalized spacial score (nSPS) is 12.3. The Balaban J connectivity index is 1.40. The SMILES string of the molecule is CC(NC(=O)Cc1cccc2ccccc12)C(=O)Nc1cnc2c(cnn2C(C)C)c1. The van der Waals surface area contributed by atoms with Crippen molar-refractivity contribution < 1.29 is 9.59 Å². The van der Waals surface area contributed by atoms with Crippen LogP contribution in [0.3, 0.4) is 0 Å². The van der Waals surface area contributed by atoms with Crippen LogP contribution < -0.4 is 10.6 Å². The van der Waals surface area contributed by atoms with E-state index in [0.717, 1.165) is 27.4 Å². The van der Waals surface area contributed by atoms with Crippen molar-refractivity contribution in [1.82, 2.24) is 20.1 Å². The monoisotopic (exact) mass is 415 g/mol. The lowest BCUT2D eigenvalue weighted by Crippen LogP contribution is -2.42. The summed E-state index contributed by atoms with van der Waals surface area (Å²) >= 11 is 0. The Labute approximate surface area is 180 Å². The Morgan fingerprint density at radius 1 is 1.00 bits per heavy atom. The fourth-order valence-corrected chi connectivity index (χ4v) is 3.61. The minimum Gasteiger partial charge on any atom is -0.344 e. The maximum atomic E-state index is 12.6. The molecule has 158 valence electrons. The lowest BCUT2D eigenvalue weighted by Gasteiger charge is -2.15. The van der Waals surface area contributed by atoms with Gasteiger partial charge in [0.1, 0.15) is 6.04 Å². The number of nitrogens with zero attached hydrogens (tertiary/aromatic N) is 3. The average molecular weight is 415 g/mol. The minimum absolute atomic E-state index is 0.197. The Bertz CT molecular complexity index is 1260. The van der Waals surface area contributed by atoms with Crippen molar-refractivity contribution in [2.75, 3.05) is 5.32 Å². The predicted molar refractivity (Wildman–Crippen MR) is 122 cm³/mol. The molecule has 1 unspecified atom stereocenters. The summed E-state index contributed by atoms with van der Waals surface area (Å²) in [5.74, 6) is -0.505. The van der Waals surface area contributed by atoms with Crippen LogP contribution in [0.5, 0.6) is 0 Å². The van der Waals surface area contributed by atoms with Crippen molar-refractivity contribution in [1.29, 1.82) is 0 Å². The standard InChI is InChI=1S/C24H25N5O2/c1-15(2)29-23-19(13-26-29)11-20(14-25-23)28-24(31)16(3)27-22(30)12-18-9-6-8-17-7-4-5-10-21(17)18/h4-11,13-16H,12H2,1-3H3,(H,27,30)(H,28,31). The third kappa shape index (κ3) is 4.40. The second-order valence-electron chi connectivity index (χ2n) is 7.91. The van der Waals surface area contributed by atoms with E-state index in [1.807, 2.05) is 67.1 Å². The lowest BCUT2D eigenvalue weighted by atomic mass is 10.0. The molecular weight excluding hydrogens is 390 g/mol. The van der Waals surface area contributed by atoms with E-state index < -0.39 is 6.04 Å². The van der Waals surface area contributed by atoms with E-state index in [4.69, 9.17) is 0 Å². The van der Waals surface area contributed by atoms with E-state index in [9.17, 15) is 9.59 Å². The van der Waals surface area contributed by atoms with Gasteiger partial charge in [0.15, 0.2) is 5.65 Å². The third-order valence-electron chi connectivity index (χ3n) is 5.19. The van der Waals surface area contributed by atoms with Crippen molar-refractivity contribution in [3.63, 3.8) is 0 Å². The van der Waals surface area contributed by atoms with E-state index in [1.54, 1.807) is 19.3 Å². The highest BCUT2D eigenvalue weighted by molar-refractivity contribution is 5.98. The van der Waals surface area contributed by atoms with Crippen molar-refractivity contribution in [3.05, 3.63) is 66.5 Å². The van der Waals surface area contributed by atoms with Crippen molar-refractivity contribution in [2.24, 2.45) is 0 Å². The molecule has 0 aliphatic heterocycles. The zero-order valence-corrected chi connectivity index (χ0v) is 17.8. The molecule has 0 bridgehead atoms. The number of carbonyl (C=O) groups is 2. The first-order valence-corrected chi connectivity index (χ1v) is 10.3. The van der Waals surface area contributed by atoms with Gasteiger partial charge < -0.3 is 10.6 Å². The summed E-state index contributed by atoms with van der Waals surface area (Å²) in [6.07, 6.45) is 3.54. The number of hydrogen-bond donors (Lipinski definition) is 2. The fourth-order valence-electron chi connectivity index (χ4n) is 3.61. The summed E-state index contributed by atoms with van der Waals surface area (Å²) in [4.78, 5) is 29.6. The first kappa shape index (κ1) is 20.5. The quantitative estimate of drug-likeness (QED) is 0.501. The third-order valence-corrected chi connectivity index (χ3v) is 5.19. The number of benzene rings is 2. The number of anilines is 1. The molecule has 2 aromatic heterocycles. The smallest absolute Gasteiger partial charge is 0.246 e. The summed E-state index contributed by atoms with van der Waals surface area (Å²) < 4.78 is 1.83. The summed E-state index contributed by atoms with van der Waals surface area (Å²) in [5.41, 5.74) is 2.26. The largest absolute Gasteiger partial charge is 0.344 e. The molecule has 2 heterocycles. The second-order valence-corrected chi connectivity index (χ2v) is 7.91. The minimum atomic E-state index is -0.684. The molecule has 2 aromatic carbocycles. The molecule has 7 nitrogen and oxygen atoms in total. The number of nitrogens with one attached hydrogen (secondary N) is 2. The number of rotatable bonds is 6. The Hall–Kier alpha value is -3.74. The number of fused-ring (bicyclic) bond motifs is 2. The van der Waals surface area contributed by atoms with E-state index in [1.165, 1.54) is 0 Å². The van der Waals surface area contributed by atoms with Gasteiger partial charge in [-0.05, 0) is 43.2 Å². The highest BCUT2D eigenvalue weighted by atomic mass is 16.2. The molecular formula is C24H25N5O2. The highest BCUT2D eigenvalue weighted by Gasteiger charge is 2.17. The molecule has 2 N–H and O–H groups in total. The molecule has 0 saturated heterocycles. The summed E-state index contributed by atoms with van der Waals surface area (Å²) in [6, 6.07) is 15.2. The van der Waals surface area contributed by atoms with E-state index >= 15 is 0 Å². The zero-order valence-electron chi connectivity index (χ0n) is 17.8. The van der Waals surface area contributed by atoms with E-state index in [-0.39, 0.29) is 24.3 Å². The molecule has 31 heavy (non-hydrogen) atoms. The first-order chi connectivity index (χ1) is 14.9. The van der Waals surface area contributed by atoms with Crippen molar-refractivity contribution in [2.45, 2.75) is 39.3 Å². The predicted octanol–water partition coefficient (Wildman–Crippen LogP) is 3.85. The second kappa shape index (κ2) is 8.55. The zero-order chi connectivity index (χ0) is 22.0. The van der Waals surface area contributed by atoms with Gasteiger partial charge in [0, 0.05) is 11.4 Å². The first-order valence-electron chi connectivity index (χ1n) is 10.3. The number of carbonyl (C=O) groups excluding carboxylic acids is 2. The molecule has 0 fully saturated rings. The van der Waals surface area contributed by atoms with Crippen LogP contribution in [0.2, 0.25) is 0 Å². The molecule has 1 atom stereocenters. The average Bonchev–Trinajstić information content (AvgIpc) is 3.17. The van der Waals surface area contributed by atoms with Gasteiger partial charge in [-0.25, -0.2) is 9.67 Å². The summed E-state index contributed by atoms with van der Waals surface area (Å²) in [6.45, 7) is 5.73. The van der Waals surface area contributed by atoms with E-state index in [0.29, 0.717) is 5.69 Å². The van der Waals surface area contributed by atoms with Crippen molar-refractivity contribution >= 4 is 39.3 Å². The van der Waals surface area contributed by atoms with Gasteiger partial charge in [-0.2, -0.15) is 5.10 Å². The van der Waals surface area contributed by atoms with Gasteiger partial charge in [0.05, 0.1) is 24.5 Å². The van der Waals surface area contributed by atoms with Crippen LogP contribution in [0.1, 0.15) is 32.4 Å². The van der Waals surface area contributed by atoms with Crippen LogP contribution in [-0.4, -0.2) is 32.6 Å². The maximum absolute atomic E-state index is 12.6. The van der Waals surface area contributed by atoms with Gasteiger partial charge >= 0.3 is 0 Å². The molecule has 0 aliphatic carbocycles. The Morgan fingerprint density at radius 2 is 1.77 bits per heavy atom. The molecule has 0 radical (unpaired) electrons. The molecule has 0 aliphatic rings. The van der Waals surface area contributed by atoms with Gasteiger partial charge in [0.2, 0.25) is 11.8 Å². The molecule has 0 saturated carbocycles. The molecule has 2 amide bonds. The summed E-state index contributed by atoms with van der Waals surface area (Å²) in [7, 11) is 0. The molecule has 0 spiro atoms. The number of amides is 2. The van der Waals surface area contributed by atoms with Crippen LogP contribution in [0, 0.1) is 0 Å².